The molecule has 820 valence electrons. The number of carbonyl (C=O) groups excluding carboxylic acids is 9. The van der Waals surface area contributed by atoms with Gasteiger partial charge in [-0.05, 0) is 91.4 Å². The van der Waals surface area contributed by atoms with Crippen LogP contribution < -0.4 is 0 Å². The van der Waals surface area contributed by atoms with Crippen molar-refractivity contribution < 1.29 is 274 Å². The summed E-state index contributed by atoms with van der Waals surface area (Å²) in [4.78, 5) is 168. The van der Waals surface area contributed by atoms with Gasteiger partial charge in [0.15, 0.2) is 59.4 Å². The van der Waals surface area contributed by atoms with E-state index in [4.69, 9.17) is 116 Å². The zero-order valence-corrected chi connectivity index (χ0v) is 81.7. The van der Waals surface area contributed by atoms with Crippen LogP contribution in [0.4, 0.5) is 0 Å². The lowest BCUT2D eigenvalue weighted by atomic mass is 9.90. The summed E-state index contributed by atoms with van der Waals surface area (Å²) in [5.74, 6) is -13.8. The number of carboxylic acids is 4. The van der Waals surface area contributed by atoms with Gasteiger partial charge in [-0.2, -0.15) is 16.8 Å². The quantitative estimate of drug-likeness (QED) is 0.0153. The molecule has 0 heterocycles. The number of carbonyl (C=O) groups is 13. The number of hydrogen-bond donors (Lipinski definition) is 35. The van der Waals surface area contributed by atoms with Crippen molar-refractivity contribution in [2.75, 3.05) is 64.8 Å². The third kappa shape index (κ3) is 84.5. The van der Waals surface area contributed by atoms with E-state index < -0.39 is 292 Å². The maximum absolute atomic E-state index is 11.8. The van der Waals surface area contributed by atoms with E-state index in [9.17, 15) is 150 Å². The molecule has 0 aromatic carbocycles. The summed E-state index contributed by atoms with van der Waals surface area (Å²) < 4.78 is 85.7. The average molecular weight is 2110 g/mol. The zero-order valence-electron chi connectivity index (χ0n) is 78.2. The summed E-state index contributed by atoms with van der Waals surface area (Å²) >= 11 is 0. The predicted molar refractivity (Wildman–Crippen MR) is 472 cm³/mol. The van der Waals surface area contributed by atoms with Gasteiger partial charge < -0.3 is 168 Å². The second-order valence-electron chi connectivity index (χ2n) is 31.7. The normalized spacial score (nSPS) is 17.3. The predicted octanol–water partition coefficient (Wildman–Crippen LogP) is -9.71. The number of aliphatic carboxylic acids is 4. The van der Waals surface area contributed by atoms with Crippen molar-refractivity contribution in [3.05, 3.63) is 0 Å². The minimum atomic E-state index is -4.42. The molecule has 0 aliphatic heterocycles. The minimum Gasteiger partial charge on any atom is -0.481 e. The van der Waals surface area contributed by atoms with Crippen molar-refractivity contribution in [1.82, 2.24) is 0 Å². The van der Waals surface area contributed by atoms with Crippen LogP contribution in [0.1, 0.15) is 191 Å². The maximum Gasteiger partial charge on any atom is 0.469 e. The SMILES string of the molecule is CC(C)CC[C@H](CC(=O)C(O)C(O)C(O)C(O)CO)C(=O)O.CCC[C@H](CC(=O)C(O)C(O)C(O)C(O)CO)C(=O)O.C[C@H](CC(=O)C(O)C(O)C(O)C(O)CO)C(=O)O.C[C@H](CC(=O)O)CC(=O)C(O)C(O)C(O)C(O)CO.C[C@H](O)C(=O)CCCO.C[C@H](O)C(=O)CCCOP(=O)(O)O.C[C@H](O)C(=O)CCCOS(=O)(=O)O.C[C@H](O)C(=O)CCCP(C)(=O)O.C[C@H](O)C(=O)CCCS(=O)(=O)O. The first-order chi connectivity index (χ1) is 62.8. The number of rotatable bonds is 64. The van der Waals surface area contributed by atoms with Crippen molar-refractivity contribution >= 4 is 112 Å². The van der Waals surface area contributed by atoms with Crippen molar-refractivity contribution in [3.8, 4) is 0 Å². The molecule has 0 aliphatic rings. The molecule has 17 unspecified atom stereocenters. The number of carboxylic acid groups (broad SMARTS) is 4. The molecule has 35 N–H and O–H groups in total. The van der Waals surface area contributed by atoms with Crippen LogP contribution in [0, 0.1) is 29.6 Å². The van der Waals surface area contributed by atoms with Crippen LogP contribution in [0.25, 0.3) is 0 Å². The first-order valence-corrected chi connectivity index (χ1v) is 49.1. The number of Topliss-reactive ketones (excluding diaryl/α,β-unsaturated/α-hetero) is 9. The summed E-state index contributed by atoms with van der Waals surface area (Å²) in [6.07, 6.45) is -34.0. The molecular formula is C78H150O56P2S2. The molecule has 0 bridgehead atoms. The summed E-state index contributed by atoms with van der Waals surface area (Å²) in [7, 11) is -15.8. The second kappa shape index (κ2) is 81.3. The van der Waals surface area contributed by atoms with Gasteiger partial charge in [0.2, 0.25) is 0 Å². The number of aliphatic hydroxyl groups excluding tert-OH is 26. The van der Waals surface area contributed by atoms with Gasteiger partial charge in [0.05, 0.1) is 63.1 Å². The Morgan fingerprint density at radius 3 is 0.870 bits per heavy atom. The highest BCUT2D eigenvalue weighted by Crippen LogP contribution is 2.37. The van der Waals surface area contributed by atoms with Crippen LogP contribution in [0.3, 0.4) is 0 Å². The van der Waals surface area contributed by atoms with Crippen LogP contribution in [-0.4, -0.2) is 463 Å². The van der Waals surface area contributed by atoms with Gasteiger partial charge in [-0.25, -0.2) is 8.75 Å². The molecule has 0 amide bonds. The third-order valence-electron chi connectivity index (χ3n) is 18.0. The Morgan fingerprint density at radius 2 is 0.623 bits per heavy atom. The number of ketones is 9. The molecule has 0 rings (SSSR count). The molecule has 0 saturated carbocycles. The highest BCUT2D eigenvalue weighted by Gasteiger charge is 2.40. The van der Waals surface area contributed by atoms with Crippen LogP contribution in [0.5, 0.6) is 0 Å². The zero-order chi connectivity index (χ0) is 111. The van der Waals surface area contributed by atoms with E-state index in [0.29, 0.717) is 25.7 Å². The van der Waals surface area contributed by atoms with E-state index in [1.165, 1.54) is 55.1 Å². The highest BCUT2D eigenvalue weighted by molar-refractivity contribution is 7.85. The van der Waals surface area contributed by atoms with E-state index in [0.717, 1.165) is 0 Å². The molecule has 138 heavy (non-hydrogen) atoms. The Hall–Kier alpha value is -6.05. The molecule has 0 aliphatic carbocycles. The van der Waals surface area contributed by atoms with Crippen molar-refractivity contribution in [2.45, 2.75) is 319 Å². The number of phosphoric ester groups is 1. The second-order valence-corrected chi connectivity index (χ2v) is 38.2. The topological polar surface area (TPSA) is 1050 Å². The molecule has 60 heteroatoms. The smallest absolute Gasteiger partial charge is 0.469 e. The first-order valence-electron chi connectivity index (χ1n) is 42.3. The van der Waals surface area contributed by atoms with Gasteiger partial charge in [0.25, 0.3) is 10.1 Å². The fourth-order valence-electron chi connectivity index (χ4n) is 9.55. The van der Waals surface area contributed by atoms with Crippen molar-refractivity contribution in [1.29, 1.82) is 0 Å². The largest absolute Gasteiger partial charge is 0.481 e. The lowest BCUT2D eigenvalue weighted by molar-refractivity contribution is -0.152. The molecule has 0 aromatic heterocycles. The first kappa shape index (κ1) is 150. The van der Waals surface area contributed by atoms with Crippen molar-refractivity contribution in [3.63, 3.8) is 0 Å². The van der Waals surface area contributed by atoms with Gasteiger partial charge in [-0.1, -0.05) is 47.5 Å². The van der Waals surface area contributed by atoms with Crippen LogP contribution >= 0.6 is 15.2 Å². The van der Waals surface area contributed by atoms with Crippen molar-refractivity contribution in [2.24, 2.45) is 29.6 Å². The van der Waals surface area contributed by atoms with Gasteiger partial charge in [-0.3, -0.25) is 80.5 Å². The molecule has 0 spiro atoms. The Kier molecular flexibility index (Phi) is 88.2. The summed E-state index contributed by atoms with van der Waals surface area (Å²) in [6.45, 7) is 12.5. The highest BCUT2D eigenvalue weighted by atomic mass is 32.3. The van der Waals surface area contributed by atoms with Crippen LogP contribution in [0.2, 0.25) is 0 Å². The Bertz CT molecular complexity index is 3740. The maximum atomic E-state index is 11.8. The summed E-state index contributed by atoms with van der Waals surface area (Å²) in [6, 6.07) is 0. The molecular weight excluding hydrogens is 1960 g/mol. The molecule has 56 nitrogen and oxygen atoms in total. The number of phosphoric acid groups is 1. The fraction of sp³-hybridized carbons (Fsp3) is 0.833. The standard InChI is InChI=1S/C14H26O8.C12H22O8.C11H20O8.C10H18O8.C7H15O4P.C6H13O6P.C6H12O6S.C6H12O5S.C6H12O3/c1-7(2)3-4-8(14(21)22)5-9(16)11(18)13(20)12(19)10(17)6-15;1-2-3-6(12(19)20)4-7(14)9(16)11(18)10(17)8(15)5-13;1-5(3-8(15)16)2-6(13)9(17)11(19)10(18)7(14)4-12;1-4(10(17)18)2-5(12)7(14)9(16)8(15)6(13)3-11;1-6(8)7(9)4-3-5-12(2,10)11;2*1-5(7)6(8)3-2-4-12-13(9,10)11;1-5(7)6(8)3-2-4-12(9,10)11;1-5(8)6(9)3-2-4-7/h7-8,10-13,15,17-20H,3-6H2,1-2H3,(H,21,22);6,8-11,13,15-18H,2-5H2,1H3,(H,19,20);5,7,9-12,14,17-19H,2-4H2,1H3,(H,15,16);4,6-9,11,13-16H,2-3H2,1H3,(H,17,18);6,8H,3-5H2,1-2H3,(H,10,11);5,7H,2-4H2,1H3,(H2,9,10,11);5,7H,2-4H2,1H3,(H,9,10,11);5,7H,2-4H2,1H3,(H,9,10,11);5,7-8H,2-4H2,1H3/t8-,10?,11?,12?,13?;6-,8?,9?,10?,11?;5-,7?,9?,10?,11?;4-,6?,7?,8?,9?;6-;4*5-/m110100000/s1. The third-order valence-corrected chi connectivity index (χ3v) is 21.0. The van der Waals surface area contributed by atoms with E-state index in [1.54, 1.807) is 6.92 Å². The van der Waals surface area contributed by atoms with E-state index in [1.807, 2.05) is 13.8 Å². The van der Waals surface area contributed by atoms with Gasteiger partial charge in [0.1, 0.15) is 128 Å². The van der Waals surface area contributed by atoms with E-state index in [2.05, 4.69) is 8.71 Å². The summed E-state index contributed by atoms with van der Waals surface area (Å²) in [5.41, 5.74) is 0. The number of aliphatic hydroxyl groups is 26. The average Bonchev–Trinajstić information content (AvgIpc) is 0.876. The van der Waals surface area contributed by atoms with E-state index >= 15 is 0 Å². The lowest BCUT2D eigenvalue weighted by Gasteiger charge is -2.25. The molecule has 0 saturated heterocycles. The van der Waals surface area contributed by atoms with Gasteiger partial charge in [0, 0.05) is 83.6 Å². The van der Waals surface area contributed by atoms with Gasteiger partial charge >= 0.3 is 42.1 Å². The van der Waals surface area contributed by atoms with Crippen LogP contribution in [0.15, 0.2) is 0 Å². The summed E-state index contributed by atoms with van der Waals surface area (Å²) in [5, 5.41) is 271. The Labute approximate surface area is 796 Å². The molecule has 0 fully saturated rings. The fourth-order valence-corrected chi connectivity index (χ4v) is 11.5. The Balaban J connectivity index is -0.000000196. The molecule has 0 radical (unpaired) electrons. The molecule has 26 atom stereocenters. The number of hydrogen-bond acceptors (Lipinski definition) is 47. The van der Waals surface area contributed by atoms with E-state index in [-0.39, 0.29) is 132 Å². The monoisotopic (exact) mass is 2110 g/mol. The molecule has 0 aromatic rings. The van der Waals surface area contributed by atoms with Crippen LogP contribution in [-0.2, 0) is 101 Å². The Morgan fingerprint density at radius 1 is 0.341 bits per heavy atom. The minimum absolute atomic E-state index is 0.0124. The lowest BCUT2D eigenvalue weighted by Crippen LogP contribution is -2.49. The van der Waals surface area contributed by atoms with Gasteiger partial charge in [-0.15, -0.1) is 0 Å².